The van der Waals surface area contributed by atoms with E-state index in [0.29, 0.717) is 0 Å². The fraction of sp³-hybridized carbons (Fsp3) is 0.200. The van der Waals surface area contributed by atoms with Crippen molar-refractivity contribution >= 4 is 11.6 Å². The van der Waals surface area contributed by atoms with Gasteiger partial charge >= 0.3 is 0 Å². The Balaban J connectivity index is 2.39. The van der Waals surface area contributed by atoms with Crippen molar-refractivity contribution in [3.8, 4) is 0 Å². The molecule has 0 fully saturated rings. The first kappa shape index (κ1) is 12.1. The van der Waals surface area contributed by atoms with Crippen LogP contribution in [0, 0.1) is 19.7 Å². The summed E-state index contributed by atoms with van der Waals surface area (Å²) in [6, 6.07) is 12.5. The molecule has 0 aliphatic rings. The maximum atomic E-state index is 12.9. The highest BCUT2D eigenvalue weighted by atomic mass is 35.5. The molecule has 0 nitrogen and oxygen atoms in total. The molecule has 2 aromatic rings. The predicted octanol–water partition coefficient (Wildman–Crippen LogP) is 4.77. The normalized spacial score (nSPS) is 12.5. The van der Waals surface area contributed by atoms with E-state index in [-0.39, 0.29) is 11.2 Å². The SMILES string of the molecule is Cc1ccc(C)c(C(Cl)c2ccc(F)cc2)c1. The summed E-state index contributed by atoms with van der Waals surface area (Å²) in [7, 11) is 0. The summed E-state index contributed by atoms with van der Waals surface area (Å²) in [6.07, 6.45) is 0. The molecular weight excluding hydrogens is 235 g/mol. The smallest absolute Gasteiger partial charge is 0.123 e. The van der Waals surface area contributed by atoms with Gasteiger partial charge in [-0.05, 0) is 42.7 Å². The Kier molecular flexibility index (Phi) is 3.49. The van der Waals surface area contributed by atoms with Crippen LogP contribution in [0.25, 0.3) is 0 Å². The van der Waals surface area contributed by atoms with Gasteiger partial charge in [0.15, 0.2) is 0 Å². The second kappa shape index (κ2) is 4.89. The van der Waals surface area contributed by atoms with Gasteiger partial charge in [-0.1, -0.05) is 35.9 Å². The second-order valence-electron chi connectivity index (χ2n) is 4.27. The fourth-order valence-electron chi connectivity index (χ4n) is 1.84. The van der Waals surface area contributed by atoms with E-state index in [1.165, 1.54) is 17.7 Å². The van der Waals surface area contributed by atoms with Gasteiger partial charge in [-0.15, -0.1) is 11.6 Å². The van der Waals surface area contributed by atoms with Crippen molar-refractivity contribution in [1.82, 2.24) is 0 Å². The Morgan fingerprint density at radius 1 is 1.00 bits per heavy atom. The highest BCUT2D eigenvalue weighted by molar-refractivity contribution is 6.22. The summed E-state index contributed by atoms with van der Waals surface area (Å²) in [5.74, 6) is -0.237. The molecule has 2 rings (SSSR count). The van der Waals surface area contributed by atoms with Gasteiger partial charge in [0.25, 0.3) is 0 Å². The van der Waals surface area contributed by atoms with Gasteiger partial charge in [0.05, 0.1) is 5.38 Å². The number of rotatable bonds is 2. The molecule has 0 aromatic heterocycles. The number of halogens is 2. The fourth-order valence-corrected chi connectivity index (χ4v) is 2.22. The molecule has 1 unspecified atom stereocenters. The van der Waals surface area contributed by atoms with E-state index in [1.807, 2.05) is 13.8 Å². The Labute approximate surface area is 106 Å². The maximum absolute atomic E-state index is 12.9. The number of hydrogen-bond acceptors (Lipinski definition) is 0. The van der Waals surface area contributed by atoms with E-state index in [0.717, 1.165) is 16.7 Å². The number of alkyl halides is 1. The van der Waals surface area contributed by atoms with Crippen LogP contribution >= 0.6 is 11.6 Å². The van der Waals surface area contributed by atoms with Crippen molar-refractivity contribution in [1.29, 1.82) is 0 Å². The average molecular weight is 249 g/mol. The molecule has 0 aliphatic carbocycles. The second-order valence-corrected chi connectivity index (χ2v) is 4.71. The minimum Gasteiger partial charge on any atom is -0.207 e. The molecule has 0 amide bonds. The Bertz CT molecular complexity index is 517. The van der Waals surface area contributed by atoms with E-state index in [9.17, 15) is 4.39 Å². The molecular formula is C15H14ClF. The van der Waals surface area contributed by atoms with Gasteiger partial charge in [-0.3, -0.25) is 0 Å². The van der Waals surface area contributed by atoms with Crippen molar-refractivity contribution in [2.45, 2.75) is 19.2 Å². The summed E-state index contributed by atoms with van der Waals surface area (Å²) < 4.78 is 12.9. The van der Waals surface area contributed by atoms with E-state index in [1.54, 1.807) is 12.1 Å². The number of hydrogen-bond donors (Lipinski definition) is 0. The zero-order chi connectivity index (χ0) is 12.4. The van der Waals surface area contributed by atoms with Crippen molar-refractivity contribution in [2.75, 3.05) is 0 Å². The van der Waals surface area contributed by atoms with Crippen LogP contribution in [-0.4, -0.2) is 0 Å². The molecule has 0 N–H and O–H groups in total. The summed E-state index contributed by atoms with van der Waals surface area (Å²) in [5.41, 5.74) is 4.33. The van der Waals surface area contributed by atoms with Crippen LogP contribution in [0.1, 0.15) is 27.6 Å². The predicted molar refractivity (Wildman–Crippen MR) is 70.0 cm³/mol. The third-order valence-corrected chi connectivity index (χ3v) is 3.36. The van der Waals surface area contributed by atoms with Gasteiger partial charge in [-0.25, -0.2) is 4.39 Å². The molecule has 2 heteroatoms. The summed E-state index contributed by atoms with van der Waals surface area (Å²) in [4.78, 5) is 0. The van der Waals surface area contributed by atoms with E-state index < -0.39 is 0 Å². The molecule has 0 radical (unpaired) electrons. The van der Waals surface area contributed by atoms with Crippen molar-refractivity contribution in [2.24, 2.45) is 0 Å². The van der Waals surface area contributed by atoms with Gasteiger partial charge in [0, 0.05) is 0 Å². The third kappa shape index (κ3) is 2.67. The molecule has 2 aromatic carbocycles. The lowest BCUT2D eigenvalue weighted by molar-refractivity contribution is 0.627. The van der Waals surface area contributed by atoms with Crippen LogP contribution < -0.4 is 0 Å². The molecule has 0 aliphatic heterocycles. The van der Waals surface area contributed by atoms with Crippen LogP contribution in [0.5, 0.6) is 0 Å². The Morgan fingerprint density at radius 3 is 2.29 bits per heavy atom. The first-order chi connectivity index (χ1) is 8.08. The molecule has 88 valence electrons. The molecule has 0 saturated heterocycles. The minimum absolute atomic E-state index is 0.226. The lowest BCUT2D eigenvalue weighted by atomic mass is 9.98. The Morgan fingerprint density at radius 2 is 1.65 bits per heavy atom. The van der Waals surface area contributed by atoms with Gasteiger partial charge in [-0.2, -0.15) is 0 Å². The van der Waals surface area contributed by atoms with Crippen molar-refractivity contribution in [3.63, 3.8) is 0 Å². The minimum atomic E-state index is -0.237. The Hall–Kier alpha value is -1.34. The monoisotopic (exact) mass is 248 g/mol. The number of benzene rings is 2. The zero-order valence-corrected chi connectivity index (χ0v) is 10.6. The number of aryl methyl sites for hydroxylation is 2. The lowest BCUT2D eigenvalue weighted by Crippen LogP contribution is -1.97. The van der Waals surface area contributed by atoms with Gasteiger partial charge < -0.3 is 0 Å². The molecule has 0 heterocycles. The quantitative estimate of drug-likeness (QED) is 0.672. The largest absolute Gasteiger partial charge is 0.207 e. The van der Waals surface area contributed by atoms with E-state index >= 15 is 0 Å². The lowest BCUT2D eigenvalue weighted by Gasteiger charge is -2.14. The van der Waals surface area contributed by atoms with E-state index in [4.69, 9.17) is 11.6 Å². The van der Waals surface area contributed by atoms with Gasteiger partial charge in [0.2, 0.25) is 0 Å². The summed E-state index contributed by atoms with van der Waals surface area (Å²) in [6.45, 7) is 4.07. The summed E-state index contributed by atoms with van der Waals surface area (Å²) in [5, 5.41) is -0.226. The molecule has 0 saturated carbocycles. The van der Waals surface area contributed by atoms with Crippen LogP contribution in [0.3, 0.4) is 0 Å². The topological polar surface area (TPSA) is 0 Å². The first-order valence-corrected chi connectivity index (χ1v) is 5.98. The highest BCUT2D eigenvalue weighted by Gasteiger charge is 2.13. The van der Waals surface area contributed by atoms with Crippen LogP contribution in [0.4, 0.5) is 4.39 Å². The van der Waals surface area contributed by atoms with E-state index in [2.05, 4.69) is 18.2 Å². The third-order valence-electron chi connectivity index (χ3n) is 2.87. The molecule has 17 heavy (non-hydrogen) atoms. The standard InChI is InChI=1S/C15H14ClF/c1-10-3-4-11(2)14(9-10)15(16)12-5-7-13(17)8-6-12/h3-9,15H,1-2H3. The highest BCUT2D eigenvalue weighted by Crippen LogP contribution is 2.31. The van der Waals surface area contributed by atoms with Crippen LogP contribution in [-0.2, 0) is 0 Å². The van der Waals surface area contributed by atoms with Crippen molar-refractivity contribution in [3.05, 3.63) is 70.5 Å². The molecule has 1 atom stereocenters. The molecule has 0 spiro atoms. The van der Waals surface area contributed by atoms with Crippen LogP contribution in [0.2, 0.25) is 0 Å². The zero-order valence-electron chi connectivity index (χ0n) is 9.87. The summed E-state index contributed by atoms with van der Waals surface area (Å²) >= 11 is 6.44. The molecule has 0 bridgehead atoms. The maximum Gasteiger partial charge on any atom is 0.123 e. The van der Waals surface area contributed by atoms with Crippen LogP contribution in [0.15, 0.2) is 42.5 Å². The van der Waals surface area contributed by atoms with Gasteiger partial charge in [0.1, 0.15) is 5.82 Å². The van der Waals surface area contributed by atoms with Crippen molar-refractivity contribution < 1.29 is 4.39 Å². The average Bonchev–Trinajstić information content (AvgIpc) is 2.32. The first-order valence-electron chi connectivity index (χ1n) is 5.54.